The molecule has 1 N–H and O–H groups in total. The maximum Gasteiger partial charge on any atom is 0.325 e. The average molecular weight is 528 g/mol. The van der Waals surface area contributed by atoms with Gasteiger partial charge in [0.15, 0.2) is 22.6 Å². The minimum Gasteiger partial charge on any atom is -0.436 e. The Balaban J connectivity index is 1.54. The Morgan fingerprint density at radius 2 is 1.50 bits per heavy atom. The molecule has 0 aliphatic carbocycles. The summed E-state index contributed by atoms with van der Waals surface area (Å²) in [4.78, 5) is 18.6. The van der Waals surface area contributed by atoms with E-state index in [1.165, 1.54) is 0 Å². The van der Waals surface area contributed by atoms with E-state index in [9.17, 15) is 4.79 Å². The number of fused-ring (bicyclic) bond motifs is 1. The van der Waals surface area contributed by atoms with Crippen molar-refractivity contribution in [3.63, 3.8) is 0 Å². The summed E-state index contributed by atoms with van der Waals surface area (Å²) in [6, 6.07) is 32.0. The first-order valence-electron chi connectivity index (χ1n) is 13.5. The predicted octanol–water partition coefficient (Wildman–Crippen LogP) is 8.83. The molecule has 0 saturated heterocycles. The number of nitrogens with zero attached hydrogens (tertiary/aromatic N) is 3. The second kappa shape index (κ2) is 10.1. The number of quaternary nitrogens is 1. The number of benzene rings is 4. The number of rotatable bonds is 6. The zero-order valence-electron chi connectivity index (χ0n) is 23.1. The summed E-state index contributed by atoms with van der Waals surface area (Å²) < 4.78 is 6.34. The Bertz CT molecular complexity index is 1780. The molecule has 40 heavy (non-hydrogen) atoms. The summed E-state index contributed by atoms with van der Waals surface area (Å²) in [5.41, 5.74) is 8.83. The van der Waals surface area contributed by atoms with Gasteiger partial charge in [0.2, 0.25) is 5.89 Å². The monoisotopic (exact) mass is 527 g/mol. The number of aromatic amines is 1. The van der Waals surface area contributed by atoms with E-state index >= 15 is 0 Å². The van der Waals surface area contributed by atoms with Crippen molar-refractivity contribution in [1.82, 2.24) is 19.7 Å². The van der Waals surface area contributed by atoms with Crippen molar-refractivity contribution >= 4 is 34.1 Å². The standard InChI is InChI=1S/C34H31N4O2/c1-22(2)29-19-18-23(3)31-33(29)40-34(36-31)30-21-35-37-32(30)25-12-11-17-28(20-25)38(24(4)39,26-13-7-5-8-14-26)27-15-9-6-10-16-27/h5-22H,1-4H3,(H,35,37)/q+1. The normalized spacial score (nSPS) is 11.8. The van der Waals surface area contributed by atoms with E-state index in [0.717, 1.165) is 56.1 Å². The smallest absolute Gasteiger partial charge is 0.325 e. The van der Waals surface area contributed by atoms with Crippen LogP contribution in [0, 0.1) is 6.92 Å². The number of hydrogen-bond acceptors (Lipinski definition) is 4. The number of hydrogen-bond donors (Lipinski definition) is 1. The quantitative estimate of drug-likeness (QED) is 0.220. The minimum atomic E-state index is -0.0567. The van der Waals surface area contributed by atoms with Gasteiger partial charge in [0, 0.05) is 42.0 Å². The molecule has 6 nitrogen and oxygen atoms in total. The summed E-state index contributed by atoms with van der Waals surface area (Å²) in [6.07, 6.45) is 1.75. The van der Waals surface area contributed by atoms with Gasteiger partial charge in [-0.3, -0.25) is 5.10 Å². The molecule has 6 rings (SSSR count). The molecular weight excluding hydrogens is 496 g/mol. The molecule has 0 unspecified atom stereocenters. The third-order valence-electron chi connectivity index (χ3n) is 7.55. The van der Waals surface area contributed by atoms with Gasteiger partial charge in [-0.1, -0.05) is 74.5 Å². The van der Waals surface area contributed by atoms with E-state index in [1.807, 2.05) is 91.9 Å². The first-order valence-corrected chi connectivity index (χ1v) is 13.5. The van der Waals surface area contributed by atoms with Gasteiger partial charge in [0.25, 0.3) is 0 Å². The Morgan fingerprint density at radius 1 is 0.850 bits per heavy atom. The van der Waals surface area contributed by atoms with Crippen LogP contribution in [0.4, 0.5) is 17.1 Å². The van der Waals surface area contributed by atoms with Crippen LogP contribution in [0.3, 0.4) is 0 Å². The first-order chi connectivity index (χ1) is 19.4. The maximum absolute atomic E-state index is 13.7. The number of amides is 1. The topological polar surface area (TPSA) is 71.8 Å². The summed E-state index contributed by atoms with van der Waals surface area (Å²) in [6.45, 7) is 7.99. The largest absolute Gasteiger partial charge is 0.436 e. The van der Waals surface area contributed by atoms with Crippen LogP contribution in [0.15, 0.2) is 108 Å². The number of carbonyl (C=O) groups excluding carboxylic acids is 1. The van der Waals surface area contributed by atoms with Crippen molar-refractivity contribution in [3.05, 3.63) is 114 Å². The molecule has 198 valence electrons. The highest BCUT2D eigenvalue weighted by Gasteiger charge is 2.42. The molecule has 2 aromatic heterocycles. The van der Waals surface area contributed by atoms with E-state index < -0.39 is 0 Å². The van der Waals surface area contributed by atoms with Crippen molar-refractivity contribution in [2.24, 2.45) is 0 Å². The van der Waals surface area contributed by atoms with E-state index in [-0.39, 0.29) is 10.4 Å². The third kappa shape index (κ3) is 4.05. The summed E-state index contributed by atoms with van der Waals surface area (Å²) in [5.74, 6) is 0.798. The summed E-state index contributed by atoms with van der Waals surface area (Å²) in [7, 11) is 0. The molecule has 1 amide bonds. The zero-order valence-corrected chi connectivity index (χ0v) is 23.1. The van der Waals surface area contributed by atoms with Gasteiger partial charge in [-0.2, -0.15) is 9.58 Å². The Hall–Kier alpha value is -4.81. The lowest BCUT2D eigenvalue weighted by Crippen LogP contribution is -2.43. The van der Waals surface area contributed by atoms with Crippen molar-refractivity contribution in [2.75, 3.05) is 0 Å². The molecule has 0 fully saturated rings. The fourth-order valence-electron chi connectivity index (χ4n) is 5.56. The highest BCUT2D eigenvalue weighted by atomic mass is 16.3. The van der Waals surface area contributed by atoms with Crippen molar-refractivity contribution in [2.45, 2.75) is 33.6 Å². The number of aryl methyl sites for hydroxylation is 1. The Labute approximate surface area is 233 Å². The van der Waals surface area contributed by atoms with Crippen LogP contribution in [0.25, 0.3) is 33.8 Å². The molecule has 6 aromatic rings. The van der Waals surface area contributed by atoms with Crippen LogP contribution >= 0.6 is 0 Å². The molecule has 4 aromatic carbocycles. The van der Waals surface area contributed by atoms with Gasteiger partial charge in [-0.15, -0.1) is 0 Å². The van der Waals surface area contributed by atoms with Gasteiger partial charge >= 0.3 is 5.91 Å². The van der Waals surface area contributed by atoms with Crippen molar-refractivity contribution in [3.8, 4) is 22.7 Å². The number of para-hydroxylation sites is 2. The zero-order chi connectivity index (χ0) is 27.9. The van der Waals surface area contributed by atoms with Crippen LogP contribution in [-0.2, 0) is 4.79 Å². The summed E-state index contributed by atoms with van der Waals surface area (Å²) in [5, 5.41) is 7.53. The fraction of sp³-hybridized carbons (Fsp3) is 0.147. The van der Waals surface area contributed by atoms with Gasteiger partial charge in [-0.05, 0) is 24.0 Å². The molecule has 0 radical (unpaired) electrons. The maximum atomic E-state index is 13.7. The van der Waals surface area contributed by atoms with E-state index in [1.54, 1.807) is 13.1 Å². The van der Waals surface area contributed by atoms with Crippen LogP contribution < -0.4 is 4.48 Å². The number of oxazole rings is 1. The van der Waals surface area contributed by atoms with E-state index in [0.29, 0.717) is 11.8 Å². The second-order valence-electron chi connectivity index (χ2n) is 10.4. The number of H-pyrrole nitrogens is 1. The highest BCUT2D eigenvalue weighted by Crippen LogP contribution is 2.45. The van der Waals surface area contributed by atoms with Crippen molar-refractivity contribution < 1.29 is 9.21 Å². The number of aromatic nitrogens is 3. The summed E-state index contributed by atoms with van der Waals surface area (Å²) >= 11 is 0. The SMILES string of the molecule is CC(=O)[N+](c1ccccc1)(c1ccccc1)c1cccc(-c2[nH]ncc2-c2nc3c(C)ccc(C(C)C)c3o2)c1. The Kier molecular flexibility index (Phi) is 6.40. The molecule has 0 atom stereocenters. The van der Waals surface area contributed by atoms with Crippen molar-refractivity contribution in [1.29, 1.82) is 0 Å². The second-order valence-corrected chi connectivity index (χ2v) is 10.4. The molecule has 0 spiro atoms. The molecule has 2 heterocycles. The lowest BCUT2D eigenvalue weighted by Gasteiger charge is -2.34. The molecule has 0 bridgehead atoms. The molecular formula is C34H31N4O2+. The predicted molar refractivity (Wildman–Crippen MR) is 161 cm³/mol. The van der Waals surface area contributed by atoms with Gasteiger partial charge in [-0.25, -0.2) is 9.78 Å². The van der Waals surface area contributed by atoms with Gasteiger partial charge < -0.3 is 4.42 Å². The fourth-order valence-corrected chi connectivity index (χ4v) is 5.56. The van der Waals surface area contributed by atoms with E-state index in [2.05, 4.69) is 36.2 Å². The molecule has 6 heteroatoms. The molecule has 0 aliphatic rings. The number of carbonyl (C=O) groups is 1. The minimum absolute atomic E-state index is 0.0185. The van der Waals surface area contributed by atoms with Crippen LogP contribution in [0.5, 0.6) is 0 Å². The van der Waals surface area contributed by atoms with Gasteiger partial charge in [0.05, 0.1) is 24.4 Å². The number of nitrogens with one attached hydrogen (secondary N) is 1. The molecule has 0 saturated carbocycles. The lowest BCUT2D eigenvalue weighted by molar-refractivity contribution is -0.123. The van der Waals surface area contributed by atoms with Crippen LogP contribution in [0.1, 0.15) is 37.8 Å². The van der Waals surface area contributed by atoms with Crippen LogP contribution in [-0.4, -0.2) is 21.1 Å². The van der Waals surface area contributed by atoms with E-state index in [4.69, 9.17) is 9.40 Å². The van der Waals surface area contributed by atoms with Gasteiger partial charge in [0.1, 0.15) is 5.52 Å². The average Bonchev–Trinajstić information content (AvgIpc) is 3.63. The third-order valence-corrected chi connectivity index (χ3v) is 7.55. The highest BCUT2D eigenvalue weighted by molar-refractivity contribution is 6.01. The Morgan fingerprint density at radius 3 is 2.12 bits per heavy atom. The van der Waals surface area contributed by atoms with Crippen LogP contribution in [0.2, 0.25) is 0 Å². The molecule has 0 aliphatic heterocycles. The first kappa shape index (κ1) is 25.5. The lowest BCUT2D eigenvalue weighted by atomic mass is 10.0.